The van der Waals surface area contributed by atoms with Gasteiger partial charge in [-0.2, -0.15) is 0 Å². The second-order valence-corrected chi connectivity index (χ2v) is 8.48. The molecule has 0 aliphatic carbocycles. The van der Waals surface area contributed by atoms with Crippen LogP contribution in [0.5, 0.6) is 0 Å². The molecular formula is C19H13Cl2N3O2S2. The lowest BCUT2D eigenvalue weighted by molar-refractivity contribution is -0.115. The van der Waals surface area contributed by atoms with E-state index in [4.69, 9.17) is 27.6 Å². The molecule has 0 spiro atoms. The molecule has 9 heteroatoms. The Hall–Kier alpha value is -2.06. The Morgan fingerprint density at radius 2 is 2.00 bits per heavy atom. The molecule has 142 valence electrons. The maximum Gasteiger partial charge on any atom is 0.256 e. The minimum atomic E-state index is -0.112. The number of hydrogen-bond donors (Lipinski definition) is 1. The fraction of sp³-hybridized carbons (Fsp3) is 0.105. The van der Waals surface area contributed by atoms with Gasteiger partial charge in [0.15, 0.2) is 10.7 Å². The number of nitrogens with one attached hydrogen (secondary N) is 1. The molecule has 0 atom stereocenters. The van der Waals surface area contributed by atoms with Crippen molar-refractivity contribution in [3.63, 3.8) is 0 Å². The van der Waals surface area contributed by atoms with Crippen molar-refractivity contribution in [1.82, 2.24) is 9.97 Å². The van der Waals surface area contributed by atoms with Gasteiger partial charge in [-0.1, -0.05) is 53.2 Å². The van der Waals surface area contributed by atoms with Gasteiger partial charge in [-0.15, -0.1) is 11.3 Å². The van der Waals surface area contributed by atoms with Crippen molar-refractivity contribution in [3.05, 3.63) is 57.9 Å². The van der Waals surface area contributed by atoms with Crippen LogP contribution in [0.15, 0.2) is 57.5 Å². The van der Waals surface area contributed by atoms with Crippen LogP contribution in [0.1, 0.15) is 6.42 Å². The van der Waals surface area contributed by atoms with Gasteiger partial charge in [0.1, 0.15) is 5.52 Å². The summed E-state index contributed by atoms with van der Waals surface area (Å²) in [5, 5.41) is 6.74. The zero-order valence-corrected chi connectivity index (χ0v) is 17.5. The number of halogens is 2. The van der Waals surface area contributed by atoms with Gasteiger partial charge in [-0.25, -0.2) is 9.97 Å². The van der Waals surface area contributed by atoms with Crippen molar-refractivity contribution in [2.75, 3.05) is 11.1 Å². The smallest absolute Gasteiger partial charge is 0.256 e. The second kappa shape index (κ2) is 8.53. The van der Waals surface area contributed by atoms with Gasteiger partial charge in [-0.05, 0) is 24.3 Å². The monoisotopic (exact) mass is 449 g/mol. The normalized spacial score (nSPS) is 11.1. The molecule has 1 N–H and O–H groups in total. The molecule has 2 aromatic carbocycles. The highest BCUT2D eigenvalue weighted by Gasteiger charge is 2.11. The average Bonchev–Trinajstić information content (AvgIpc) is 3.30. The highest BCUT2D eigenvalue weighted by molar-refractivity contribution is 7.99. The van der Waals surface area contributed by atoms with Gasteiger partial charge in [0.05, 0.1) is 15.7 Å². The van der Waals surface area contributed by atoms with Crippen LogP contribution in [0.4, 0.5) is 5.13 Å². The van der Waals surface area contributed by atoms with E-state index in [2.05, 4.69) is 15.3 Å². The summed E-state index contributed by atoms with van der Waals surface area (Å²) in [6, 6.07) is 12.9. The fourth-order valence-electron chi connectivity index (χ4n) is 2.44. The van der Waals surface area contributed by atoms with Crippen LogP contribution in [-0.4, -0.2) is 21.6 Å². The first-order valence-electron chi connectivity index (χ1n) is 8.28. The number of benzene rings is 2. The van der Waals surface area contributed by atoms with Crippen LogP contribution in [-0.2, 0) is 4.79 Å². The van der Waals surface area contributed by atoms with Crippen molar-refractivity contribution >= 4 is 68.4 Å². The van der Waals surface area contributed by atoms with Crippen LogP contribution in [0.2, 0.25) is 10.0 Å². The molecule has 0 aliphatic heterocycles. The molecule has 2 heterocycles. The van der Waals surface area contributed by atoms with Gasteiger partial charge in [0.25, 0.3) is 5.22 Å². The lowest BCUT2D eigenvalue weighted by Gasteiger charge is -2.01. The largest absolute Gasteiger partial charge is 0.431 e. The molecule has 5 nitrogen and oxygen atoms in total. The van der Waals surface area contributed by atoms with Crippen molar-refractivity contribution in [1.29, 1.82) is 0 Å². The van der Waals surface area contributed by atoms with Crippen LogP contribution < -0.4 is 5.32 Å². The number of anilines is 1. The van der Waals surface area contributed by atoms with Crippen LogP contribution in [0, 0.1) is 0 Å². The molecule has 0 bridgehead atoms. The number of amides is 1. The Balaban J connectivity index is 1.31. The Morgan fingerprint density at radius 3 is 2.82 bits per heavy atom. The third kappa shape index (κ3) is 4.50. The SMILES string of the molecule is O=C(CCSc1nc2ccccc2o1)Nc1nc(-c2ccc(Cl)c(Cl)c2)cs1. The highest BCUT2D eigenvalue weighted by atomic mass is 35.5. The number of carbonyl (C=O) groups is 1. The minimum Gasteiger partial charge on any atom is -0.431 e. The first-order valence-corrected chi connectivity index (χ1v) is 10.9. The van der Waals surface area contributed by atoms with E-state index in [0.717, 1.165) is 22.4 Å². The summed E-state index contributed by atoms with van der Waals surface area (Å²) >= 11 is 14.8. The quantitative estimate of drug-likeness (QED) is 0.345. The van der Waals surface area contributed by atoms with Crippen molar-refractivity contribution < 1.29 is 9.21 Å². The van der Waals surface area contributed by atoms with Crippen molar-refractivity contribution in [2.24, 2.45) is 0 Å². The number of hydrogen-bond acceptors (Lipinski definition) is 6. The Morgan fingerprint density at radius 1 is 1.14 bits per heavy atom. The number of aromatic nitrogens is 2. The standard InChI is InChI=1S/C19H13Cl2N3O2S2/c20-12-6-5-11(9-13(12)21)15-10-28-18(22-15)24-17(25)7-8-27-19-23-14-3-1-2-4-16(14)26-19/h1-6,9-10H,7-8H2,(H,22,24,25). The molecule has 0 aliphatic rings. The minimum absolute atomic E-state index is 0.112. The predicted molar refractivity (Wildman–Crippen MR) is 116 cm³/mol. The number of nitrogens with zero attached hydrogens (tertiary/aromatic N) is 2. The maximum atomic E-state index is 12.2. The number of oxazole rings is 1. The third-order valence-corrected chi connectivity index (χ3v) is 6.12. The lowest BCUT2D eigenvalue weighted by atomic mass is 10.2. The van der Waals surface area contributed by atoms with E-state index in [1.54, 1.807) is 12.1 Å². The van der Waals surface area contributed by atoms with Gasteiger partial charge in [0, 0.05) is 23.1 Å². The summed E-state index contributed by atoms with van der Waals surface area (Å²) in [5.41, 5.74) is 3.14. The summed E-state index contributed by atoms with van der Waals surface area (Å²) in [7, 11) is 0. The second-order valence-electron chi connectivity index (χ2n) is 5.76. The Bertz CT molecular complexity index is 1110. The van der Waals surface area contributed by atoms with Gasteiger partial charge < -0.3 is 9.73 Å². The molecule has 0 unspecified atom stereocenters. The van der Waals surface area contributed by atoms with E-state index >= 15 is 0 Å². The molecule has 28 heavy (non-hydrogen) atoms. The molecule has 0 radical (unpaired) electrons. The molecular weight excluding hydrogens is 437 g/mol. The van der Waals surface area contributed by atoms with Gasteiger partial charge in [0.2, 0.25) is 5.91 Å². The van der Waals surface area contributed by atoms with Crippen molar-refractivity contribution in [3.8, 4) is 11.3 Å². The van der Waals surface area contributed by atoms with Crippen LogP contribution >= 0.6 is 46.3 Å². The Kier molecular flexibility index (Phi) is 5.87. The molecule has 0 saturated heterocycles. The zero-order valence-electron chi connectivity index (χ0n) is 14.3. The Labute approximate surface area is 179 Å². The summed E-state index contributed by atoms with van der Waals surface area (Å²) < 4.78 is 5.63. The molecule has 0 fully saturated rings. The zero-order chi connectivity index (χ0) is 19.5. The van der Waals surface area contributed by atoms with E-state index in [1.165, 1.54) is 23.1 Å². The topological polar surface area (TPSA) is 68.0 Å². The first kappa shape index (κ1) is 19.3. The third-order valence-electron chi connectivity index (χ3n) is 3.79. The number of fused-ring (bicyclic) bond motifs is 1. The van der Waals surface area contributed by atoms with Crippen LogP contribution in [0.3, 0.4) is 0 Å². The summed E-state index contributed by atoms with van der Waals surface area (Å²) in [5.74, 6) is 0.447. The number of carbonyl (C=O) groups excluding carboxylic acids is 1. The van der Waals surface area contributed by atoms with Gasteiger partial charge in [-0.3, -0.25) is 4.79 Å². The number of thiazole rings is 1. The van der Waals surface area contributed by atoms with E-state index < -0.39 is 0 Å². The fourth-order valence-corrected chi connectivity index (χ4v) is 4.25. The molecule has 0 saturated carbocycles. The summed E-state index contributed by atoms with van der Waals surface area (Å²) in [4.78, 5) is 21.0. The average molecular weight is 450 g/mol. The van der Waals surface area contributed by atoms with E-state index in [0.29, 0.717) is 32.6 Å². The summed E-state index contributed by atoms with van der Waals surface area (Å²) in [6.45, 7) is 0. The van der Waals surface area contributed by atoms with Crippen molar-refractivity contribution in [2.45, 2.75) is 11.6 Å². The molecule has 2 aromatic heterocycles. The summed E-state index contributed by atoms with van der Waals surface area (Å²) in [6.07, 6.45) is 0.324. The predicted octanol–water partition coefficient (Wildman–Crippen LogP) is 6.38. The highest BCUT2D eigenvalue weighted by Crippen LogP contribution is 2.30. The number of para-hydroxylation sites is 2. The van der Waals surface area contributed by atoms with E-state index in [-0.39, 0.29) is 5.91 Å². The van der Waals surface area contributed by atoms with Crippen LogP contribution in [0.25, 0.3) is 22.4 Å². The molecule has 1 amide bonds. The maximum absolute atomic E-state index is 12.2. The van der Waals surface area contributed by atoms with E-state index in [9.17, 15) is 4.79 Å². The first-order chi connectivity index (χ1) is 13.6. The molecule has 4 rings (SSSR count). The number of thioether (sulfide) groups is 1. The number of rotatable bonds is 6. The van der Waals surface area contributed by atoms with E-state index in [1.807, 2.05) is 35.7 Å². The van der Waals surface area contributed by atoms with Gasteiger partial charge >= 0.3 is 0 Å². The lowest BCUT2D eigenvalue weighted by Crippen LogP contribution is -2.11. The molecule has 4 aromatic rings.